The fraction of sp³-hybridized carbons (Fsp3) is 0.273. The van der Waals surface area contributed by atoms with Gasteiger partial charge in [0, 0.05) is 11.9 Å². The fourth-order valence-electron chi connectivity index (χ4n) is 1.38. The standard InChI is InChI=1S/C11H13N3OS/c1-4-5-15-9-8-6-7(2)16-10(8)14-11(12-3)13-9/h4,6H,1,5H2,2-3H3,(H,12,13,14). The maximum Gasteiger partial charge on any atom is 0.227 e. The fourth-order valence-corrected chi connectivity index (χ4v) is 2.25. The van der Waals surface area contributed by atoms with Crippen LogP contribution in [0.5, 0.6) is 5.88 Å². The molecule has 5 heteroatoms. The van der Waals surface area contributed by atoms with Crippen LogP contribution in [0.25, 0.3) is 10.2 Å². The Morgan fingerprint density at radius 2 is 2.38 bits per heavy atom. The summed E-state index contributed by atoms with van der Waals surface area (Å²) in [5.74, 6) is 1.19. The van der Waals surface area contributed by atoms with Crippen LogP contribution in [-0.4, -0.2) is 23.6 Å². The van der Waals surface area contributed by atoms with Gasteiger partial charge in [-0.05, 0) is 13.0 Å². The third kappa shape index (κ3) is 1.99. The van der Waals surface area contributed by atoms with Gasteiger partial charge in [-0.15, -0.1) is 11.3 Å². The smallest absolute Gasteiger partial charge is 0.227 e. The highest BCUT2D eigenvalue weighted by Gasteiger charge is 2.10. The quantitative estimate of drug-likeness (QED) is 0.827. The molecular weight excluding hydrogens is 222 g/mol. The molecule has 16 heavy (non-hydrogen) atoms. The van der Waals surface area contributed by atoms with Crippen molar-refractivity contribution in [3.63, 3.8) is 0 Å². The van der Waals surface area contributed by atoms with E-state index in [4.69, 9.17) is 4.74 Å². The van der Waals surface area contributed by atoms with Gasteiger partial charge in [0.25, 0.3) is 0 Å². The van der Waals surface area contributed by atoms with Gasteiger partial charge in [-0.2, -0.15) is 4.98 Å². The second kappa shape index (κ2) is 4.49. The predicted molar refractivity (Wildman–Crippen MR) is 67.4 cm³/mol. The SMILES string of the molecule is C=CCOc1nc(NC)nc2sc(C)cc12. The summed E-state index contributed by atoms with van der Waals surface area (Å²) in [6.45, 7) is 6.12. The average Bonchev–Trinajstić information content (AvgIpc) is 2.65. The molecule has 0 amide bonds. The Morgan fingerprint density at radius 1 is 1.56 bits per heavy atom. The lowest BCUT2D eigenvalue weighted by Gasteiger charge is -2.05. The van der Waals surface area contributed by atoms with E-state index >= 15 is 0 Å². The first-order valence-electron chi connectivity index (χ1n) is 4.94. The predicted octanol–water partition coefficient (Wildman–Crippen LogP) is 2.61. The number of fused-ring (bicyclic) bond motifs is 1. The van der Waals surface area contributed by atoms with Crippen molar-refractivity contribution in [3.05, 3.63) is 23.6 Å². The minimum Gasteiger partial charge on any atom is -0.473 e. The van der Waals surface area contributed by atoms with Gasteiger partial charge < -0.3 is 10.1 Å². The average molecular weight is 235 g/mol. The van der Waals surface area contributed by atoms with Crippen LogP contribution in [0.1, 0.15) is 4.88 Å². The van der Waals surface area contributed by atoms with Gasteiger partial charge in [0.05, 0.1) is 5.39 Å². The van der Waals surface area contributed by atoms with Gasteiger partial charge in [-0.25, -0.2) is 4.98 Å². The van der Waals surface area contributed by atoms with Crippen molar-refractivity contribution >= 4 is 27.5 Å². The van der Waals surface area contributed by atoms with Gasteiger partial charge in [-0.3, -0.25) is 0 Å². The Hall–Kier alpha value is -1.62. The molecule has 0 aliphatic rings. The lowest BCUT2D eigenvalue weighted by Crippen LogP contribution is -2.01. The Balaban J connectivity index is 2.53. The van der Waals surface area contributed by atoms with Gasteiger partial charge in [0.2, 0.25) is 11.8 Å². The molecule has 0 radical (unpaired) electrons. The van der Waals surface area contributed by atoms with E-state index in [1.807, 2.05) is 13.0 Å². The van der Waals surface area contributed by atoms with Crippen molar-refractivity contribution in [3.8, 4) is 5.88 Å². The Kier molecular flexibility index (Phi) is 3.05. The zero-order valence-electron chi connectivity index (χ0n) is 9.28. The van der Waals surface area contributed by atoms with Gasteiger partial charge in [-0.1, -0.05) is 12.7 Å². The van der Waals surface area contributed by atoms with Crippen LogP contribution in [0.3, 0.4) is 0 Å². The normalized spacial score (nSPS) is 10.4. The second-order valence-electron chi connectivity index (χ2n) is 3.28. The summed E-state index contributed by atoms with van der Waals surface area (Å²) in [6, 6.07) is 2.04. The van der Waals surface area contributed by atoms with Crippen molar-refractivity contribution in [1.29, 1.82) is 0 Å². The third-order valence-corrected chi connectivity index (χ3v) is 2.99. The maximum absolute atomic E-state index is 5.52. The van der Waals surface area contributed by atoms with E-state index in [-0.39, 0.29) is 0 Å². The highest BCUT2D eigenvalue weighted by atomic mass is 32.1. The van der Waals surface area contributed by atoms with E-state index in [9.17, 15) is 0 Å². The summed E-state index contributed by atoms with van der Waals surface area (Å²) in [6.07, 6.45) is 1.70. The molecule has 84 valence electrons. The van der Waals surface area contributed by atoms with E-state index in [0.717, 1.165) is 10.2 Å². The summed E-state index contributed by atoms with van der Waals surface area (Å²) < 4.78 is 5.52. The van der Waals surface area contributed by atoms with E-state index in [0.29, 0.717) is 18.4 Å². The summed E-state index contributed by atoms with van der Waals surface area (Å²) in [7, 11) is 1.79. The Morgan fingerprint density at radius 3 is 3.06 bits per heavy atom. The molecule has 2 aromatic rings. The molecule has 0 aromatic carbocycles. The van der Waals surface area contributed by atoms with Crippen LogP contribution in [0, 0.1) is 6.92 Å². The number of aryl methyl sites for hydroxylation is 1. The van der Waals surface area contributed by atoms with Gasteiger partial charge in [0.15, 0.2) is 0 Å². The lowest BCUT2D eigenvalue weighted by atomic mass is 10.3. The van der Waals surface area contributed by atoms with Crippen LogP contribution in [-0.2, 0) is 0 Å². The van der Waals surface area contributed by atoms with E-state index in [2.05, 4.69) is 21.9 Å². The first kappa shape index (κ1) is 10.9. The summed E-state index contributed by atoms with van der Waals surface area (Å²) in [5.41, 5.74) is 0. The zero-order valence-corrected chi connectivity index (χ0v) is 10.1. The molecular formula is C11H13N3OS. The summed E-state index contributed by atoms with van der Waals surface area (Å²) in [4.78, 5) is 10.8. The number of anilines is 1. The highest BCUT2D eigenvalue weighted by molar-refractivity contribution is 7.18. The largest absolute Gasteiger partial charge is 0.473 e. The molecule has 0 atom stereocenters. The molecule has 0 bridgehead atoms. The van der Waals surface area contributed by atoms with E-state index < -0.39 is 0 Å². The molecule has 0 aliphatic heterocycles. The van der Waals surface area contributed by atoms with Gasteiger partial charge >= 0.3 is 0 Å². The van der Waals surface area contributed by atoms with Crippen molar-refractivity contribution in [2.24, 2.45) is 0 Å². The third-order valence-electron chi connectivity index (χ3n) is 2.04. The number of nitrogens with zero attached hydrogens (tertiary/aromatic N) is 2. The van der Waals surface area contributed by atoms with Crippen molar-refractivity contribution in [2.75, 3.05) is 19.0 Å². The molecule has 4 nitrogen and oxygen atoms in total. The molecule has 0 saturated carbocycles. The van der Waals surface area contributed by atoms with Crippen LogP contribution >= 0.6 is 11.3 Å². The van der Waals surface area contributed by atoms with Crippen molar-refractivity contribution in [2.45, 2.75) is 6.92 Å². The molecule has 0 fully saturated rings. The van der Waals surface area contributed by atoms with Crippen LogP contribution in [0.4, 0.5) is 5.95 Å². The maximum atomic E-state index is 5.52. The van der Waals surface area contributed by atoms with E-state index in [1.165, 1.54) is 4.88 Å². The lowest BCUT2D eigenvalue weighted by molar-refractivity contribution is 0.353. The Labute approximate surface area is 98.0 Å². The Bertz CT molecular complexity index is 521. The number of hydrogen-bond donors (Lipinski definition) is 1. The minimum absolute atomic E-state index is 0.449. The zero-order chi connectivity index (χ0) is 11.5. The molecule has 0 unspecified atom stereocenters. The molecule has 1 N–H and O–H groups in total. The number of hydrogen-bond acceptors (Lipinski definition) is 5. The van der Waals surface area contributed by atoms with Crippen LogP contribution in [0.2, 0.25) is 0 Å². The topological polar surface area (TPSA) is 47.0 Å². The van der Waals surface area contributed by atoms with Crippen LogP contribution in [0.15, 0.2) is 18.7 Å². The number of aromatic nitrogens is 2. The second-order valence-corrected chi connectivity index (χ2v) is 4.51. The van der Waals surface area contributed by atoms with E-state index in [1.54, 1.807) is 24.5 Å². The molecule has 2 aromatic heterocycles. The number of ether oxygens (including phenoxy) is 1. The van der Waals surface area contributed by atoms with Crippen LogP contribution < -0.4 is 10.1 Å². The number of rotatable bonds is 4. The summed E-state index contributed by atoms with van der Waals surface area (Å²) in [5, 5.41) is 3.89. The number of nitrogens with one attached hydrogen (secondary N) is 1. The molecule has 0 saturated heterocycles. The van der Waals surface area contributed by atoms with Gasteiger partial charge in [0.1, 0.15) is 11.4 Å². The van der Waals surface area contributed by atoms with Crippen molar-refractivity contribution < 1.29 is 4.74 Å². The van der Waals surface area contributed by atoms with Crippen molar-refractivity contribution in [1.82, 2.24) is 9.97 Å². The molecule has 2 rings (SSSR count). The monoisotopic (exact) mass is 235 g/mol. The molecule has 2 heterocycles. The minimum atomic E-state index is 0.449. The molecule has 0 aliphatic carbocycles. The first-order valence-corrected chi connectivity index (χ1v) is 5.76. The highest BCUT2D eigenvalue weighted by Crippen LogP contribution is 2.30. The first-order chi connectivity index (χ1) is 7.74. The summed E-state index contributed by atoms with van der Waals surface area (Å²) >= 11 is 1.63. The molecule has 0 spiro atoms. The number of thiophene rings is 1.